The predicted molar refractivity (Wildman–Crippen MR) is 82.5 cm³/mol. The zero-order valence-electron chi connectivity index (χ0n) is 12.6. The highest BCUT2D eigenvalue weighted by molar-refractivity contribution is 5.93. The molecule has 4 nitrogen and oxygen atoms in total. The van der Waals surface area contributed by atoms with Crippen LogP contribution in [0.2, 0.25) is 0 Å². The van der Waals surface area contributed by atoms with E-state index in [1.54, 1.807) is 0 Å². The van der Waals surface area contributed by atoms with Crippen molar-refractivity contribution in [1.82, 2.24) is 5.32 Å². The Bertz CT molecular complexity index is 688. The van der Waals surface area contributed by atoms with Gasteiger partial charge in [0.2, 0.25) is 5.91 Å². The SMILES string of the molecule is CNC(c1ccc2c(c1)CCC(=O)N2)c1cc(C)oc1C. The summed E-state index contributed by atoms with van der Waals surface area (Å²) in [7, 11) is 1.95. The summed E-state index contributed by atoms with van der Waals surface area (Å²) in [5, 5.41) is 6.28. The van der Waals surface area contributed by atoms with Crippen LogP contribution in [0.25, 0.3) is 0 Å². The van der Waals surface area contributed by atoms with Gasteiger partial charge >= 0.3 is 0 Å². The molecule has 0 aliphatic carbocycles. The van der Waals surface area contributed by atoms with Crippen LogP contribution in [-0.4, -0.2) is 13.0 Å². The number of carbonyl (C=O) groups excluding carboxylic acids is 1. The minimum absolute atomic E-state index is 0.0988. The van der Waals surface area contributed by atoms with Crippen LogP contribution in [0, 0.1) is 13.8 Å². The van der Waals surface area contributed by atoms with Gasteiger partial charge in [-0.15, -0.1) is 0 Å². The molecular formula is C17H20N2O2. The molecule has 0 fully saturated rings. The number of anilines is 1. The highest BCUT2D eigenvalue weighted by Gasteiger charge is 2.20. The standard InChI is InChI=1S/C17H20N2O2/c1-10-8-14(11(2)21-10)17(18-3)13-4-6-15-12(9-13)5-7-16(20)19-15/h4,6,8-9,17-18H,5,7H2,1-3H3,(H,19,20). The van der Waals surface area contributed by atoms with Crippen molar-refractivity contribution in [3.8, 4) is 0 Å². The minimum Gasteiger partial charge on any atom is -0.466 e. The number of carbonyl (C=O) groups is 1. The van der Waals surface area contributed by atoms with Crippen LogP contribution < -0.4 is 10.6 Å². The summed E-state index contributed by atoms with van der Waals surface area (Å²) in [6.45, 7) is 3.96. The molecule has 4 heteroatoms. The Hall–Kier alpha value is -2.07. The second-order valence-electron chi connectivity index (χ2n) is 5.56. The molecule has 0 spiro atoms. The molecule has 21 heavy (non-hydrogen) atoms. The fourth-order valence-electron chi connectivity index (χ4n) is 3.02. The lowest BCUT2D eigenvalue weighted by Gasteiger charge is -2.21. The van der Waals surface area contributed by atoms with Gasteiger partial charge in [-0.1, -0.05) is 12.1 Å². The number of aryl methyl sites for hydroxylation is 3. The van der Waals surface area contributed by atoms with Crippen molar-refractivity contribution < 1.29 is 9.21 Å². The first-order chi connectivity index (χ1) is 10.1. The van der Waals surface area contributed by atoms with Crippen LogP contribution >= 0.6 is 0 Å². The molecule has 1 aromatic heterocycles. The zero-order valence-corrected chi connectivity index (χ0v) is 12.6. The van der Waals surface area contributed by atoms with Crippen molar-refractivity contribution in [3.63, 3.8) is 0 Å². The van der Waals surface area contributed by atoms with Crippen LogP contribution in [0.5, 0.6) is 0 Å². The van der Waals surface area contributed by atoms with Gasteiger partial charge in [-0.2, -0.15) is 0 Å². The molecule has 1 aliphatic rings. The van der Waals surface area contributed by atoms with E-state index >= 15 is 0 Å². The smallest absolute Gasteiger partial charge is 0.224 e. The first-order valence-electron chi connectivity index (χ1n) is 7.25. The molecule has 3 rings (SSSR count). The van der Waals surface area contributed by atoms with E-state index in [1.807, 2.05) is 27.0 Å². The highest BCUT2D eigenvalue weighted by atomic mass is 16.3. The second-order valence-corrected chi connectivity index (χ2v) is 5.56. The lowest BCUT2D eigenvalue weighted by Crippen LogP contribution is -2.21. The van der Waals surface area contributed by atoms with Gasteiger partial charge in [-0.3, -0.25) is 4.79 Å². The van der Waals surface area contributed by atoms with Gasteiger partial charge in [-0.25, -0.2) is 0 Å². The monoisotopic (exact) mass is 284 g/mol. The topological polar surface area (TPSA) is 54.3 Å². The Morgan fingerprint density at radius 1 is 1.24 bits per heavy atom. The number of benzene rings is 1. The molecule has 0 bridgehead atoms. The maximum absolute atomic E-state index is 11.4. The van der Waals surface area contributed by atoms with Gasteiger partial charge in [0, 0.05) is 17.7 Å². The summed E-state index contributed by atoms with van der Waals surface area (Å²) in [5.74, 6) is 1.97. The lowest BCUT2D eigenvalue weighted by molar-refractivity contribution is -0.116. The molecule has 0 saturated heterocycles. The zero-order chi connectivity index (χ0) is 15.0. The van der Waals surface area contributed by atoms with Crippen molar-refractivity contribution in [2.45, 2.75) is 32.7 Å². The van der Waals surface area contributed by atoms with Crippen molar-refractivity contribution in [1.29, 1.82) is 0 Å². The predicted octanol–water partition coefficient (Wildman–Crippen LogP) is 3.09. The van der Waals surface area contributed by atoms with Crippen LogP contribution in [0.15, 0.2) is 28.7 Å². The average Bonchev–Trinajstić information content (AvgIpc) is 2.79. The lowest BCUT2D eigenvalue weighted by atomic mass is 9.94. The van der Waals surface area contributed by atoms with E-state index in [2.05, 4.69) is 28.8 Å². The Kier molecular flexibility index (Phi) is 3.55. The third-order valence-corrected chi connectivity index (χ3v) is 4.04. The van der Waals surface area contributed by atoms with E-state index in [0.29, 0.717) is 6.42 Å². The quantitative estimate of drug-likeness (QED) is 0.910. The molecular weight excluding hydrogens is 264 g/mol. The van der Waals surface area contributed by atoms with Gasteiger partial charge in [0.05, 0.1) is 6.04 Å². The maximum Gasteiger partial charge on any atom is 0.224 e. The van der Waals surface area contributed by atoms with E-state index < -0.39 is 0 Å². The van der Waals surface area contributed by atoms with Gasteiger partial charge in [0.1, 0.15) is 11.5 Å². The number of hydrogen-bond acceptors (Lipinski definition) is 3. The van der Waals surface area contributed by atoms with Crippen LogP contribution in [0.4, 0.5) is 5.69 Å². The Morgan fingerprint density at radius 3 is 2.71 bits per heavy atom. The molecule has 0 saturated carbocycles. The van der Waals surface area contributed by atoms with Gasteiger partial charge in [0.15, 0.2) is 0 Å². The summed E-state index contributed by atoms with van der Waals surface area (Å²) in [4.78, 5) is 11.4. The molecule has 1 amide bonds. The molecule has 0 radical (unpaired) electrons. The van der Waals surface area contributed by atoms with Gasteiger partial charge in [-0.05, 0) is 50.6 Å². The third-order valence-electron chi connectivity index (χ3n) is 4.04. The van der Waals surface area contributed by atoms with Crippen molar-refractivity contribution in [3.05, 3.63) is 52.5 Å². The molecule has 1 aliphatic heterocycles. The van der Waals surface area contributed by atoms with E-state index in [1.165, 1.54) is 11.1 Å². The van der Waals surface area contributed by atoms with Crippen LogP contribution in [0.1, 0.15) is 40.7 Å². The number of nitrogens with one attached hydrogen (secondary N) is 2. The van der Waals surface area contributed by atoms with Gasteiger partial charge < -0.3 is 15.1 Å². The van der Waals surface area contributed by atoms with Crippen LogP contribution in [-0.2, 0) is 11.2 Å². The minimum atomic E-state index is 0.0988. The summed E-state index contributed by atoms with van der Waals surface area (Å²) >= 11 is 0. The van der Waals surface area contributed by atoms with E-state index in [-0.39, 0.29) is 11.9 Å². The number of amides is 1. The summed E-state index contributed by atoms with van der Waals surface area (Å²) in [6, 6.07) is 8.42. The first kappa shape index (κ1) is 13.9. The number of hydrogen-bond donors (Lipinski definition) is 2. The first-order valence-corrected chi connectivity index (χ1v) is 7.25. The van der Waals surface area contributed by atoms with Crippen molar-refractivity contribution in [2.24, 2.45) is 0 Å². The summed E-state index contributed by atoms with van der Waals surface area (Å²) in [5.41, 5.74) is 4.49. The fourth-order valence-corrected chi connectivity index (χ4v) is 3.02. The van der Waals surface area contributed by atoms with Crippen molar-refractivity contribution >= 4 is 11.6 Å². The fraction of sp³-hybridized carbons (Fsp3) is 0.353. The molecule has 110 valence electrons. The molecule has 1 atom stereocenters. The van der Waals surface area contributed by atoms with E-state index in [0.717, 1.165) is 29.2 Å². The average molecular weight is 284 g/mol. The number of rotatable bonds is 3. The highest BCUT2D eigenvalue weighted by Crippen LogP contribution is 2.31. The Morgan fingerprint density at radius 2 is 2.05 bits per heavy atom. The second kappa shape index (κ2) is 5.37. The molecule has 2 aromatic rings. The number of furan rings is 1. The third kappa shape index (κ3) is 2.59. The Labute approximate surface area is 124 Å². The Balaban J connectivity index is 1.98. The van der Waals surface area contributed by atoms with E-state index in [4.69, 9.17) is 4.42 Å². The number of fused-ring (bicyclic) bond motifs is 1. The molecule has 1 unspecified atom stereocenters. The molecule has 1 aromatic carbocycles. The van der Waals surface area contributed by atoms with Crippen molar-refractivity contribution in [2.75, 3.05) is 12.4 Å². The summed E-state index contributed by atoms with van der Waals surface area (Å²) < 4.78 is 5.65. The maximum atomic E-state index is 11.4. The summed E-state index contributed by atoms with van der Waals surface area (Å²) in [6.07, 6.45) is 1.36. The molecule has 2 heterocycles. The van der Waals surface area contributed by atoms with Crippen LogP contribution in [0.3, 0.4) is 0 Å². The van der Waals surface area contributed by atoms with E-state index in [9.17, 15) is 4.79 Å². The normalized spacial score (nSPS) is 15.5. The van der Waals surface area contributed by atoms with Gasteiger partial charge in [0.25, 0.3) is 0 Å². The molecule has 2 N–H and O–H groups in total. The largest absolute Gasteiger partial charge is 0.466 e.